The van der Waals surface area contributed by atoms with Crippen molar-refractivity contribution in [3.05, 3.63) is 0 Å². The first kappa shape index (κ1) is 14.2. The summed E-state index contributed by atoms with van der Waals surface area (Å²) in [6.07, 6.45) is 4.21. The summed E-state index contributed by atoms with van der Waals surface area (Å²) in [4.78, 5) is 2.36. The number of nitrogens with one attached hydrogen (secondary N) is 2. The standard InChI is InChI=1S/C12H25N3O2S/c1-11(15-7-2-3-8-15)9-14-18(16,17)12-5-4-6-13-10-12/h11-14H,2-10H2,1H3. The van der Waals surface area contributed by atoms with Crippen LogP contribution in [0.2, 0.25) is 0 Å². The van der Waals surface area contributed by atoms with Crippen LogP contribution in [0.5, 0.6) is 0 Å². The molecule has 0 aromatic rings. The number of sulfonamides is 1. The molecule has 2 heterocycles. The second kappa shape index (κ2) is 6.32. The van der Waals surface area contributed by atoms with Crippen molar-refractivity contribution in [2.75, 3.05) is 32.7 Å². The number of hydrogen-bond acceptors (Lipinski definition) is 4. The third-order valence-corrected chi connectivity index (χ3v) is 5.88. The smallest absolute Gasteiger partial charge is 0.215 e. The highest BCUT2D eigenvalue weighted by atomic mass is 32.2. The number of nitrogens with zero attached hydrogens (tertiary/aromatic N) is 1. The van der Waals surface area contributed by atoms with Crippen LogP contribution >= 0.6 is 0 Å². The lowest BCUT2D eigenvalue weighted by molar-refractivity contribution is 0.259. The van der Waals surface area contributed by atoms with Gasteiger partial charge in [-0.3, -0.25) is 4.90 Å². The predicted octanol–water partition coefficient (Wildman–Crippen LogP) is 0.142. The third kappa shape index (κ3) is 3.66. The van der Waals surface area contributed by atoms with Gasteiger partial charge in [0.1, 0.15) is 0 Å². The summed E-state index contributed by atoms with van der Waals surface area (Å²) < 4.78 is 27.1. The Balaban J connectivity index is 1.80. The minimum Gasteiger partial charge on any atom is -0.315 e. The van der Waals surface area contributed by atoms with E-state index in [4.69, 9.17) is 0 Å². The first-order valence-electron chi connectivity index (χ1n) is 7.03. The maximum atomic E-state index is 12.1. The summed E-state index contributed by atoms with van der Waals surface area (Å²) in [6.45, 7) is 6.39. The van der Waals surface area contributed by atoms with Crippen molar-refractivity contribution in [3.8, 4) is 0 Å². The first-order chi connectivity index (χ1) is 8.59. The molecule has 5 nitrogen and oxygen atoms in total. The molecule has 2 atom stereocenters. The van der Waals surface area contributed by atoms with Crippen LogP contribution in [0, 0.1) is 0 Å². The molecule has 0 bridgehead atoms. The number of rotatable bonds is 5. The summed E-state index contributed by atoms with van der Waals surface area (Å²) >= 11 is 0. The molecule has 2 N–H and O–H groups in total. The molecule has 2 rings (SSSR count). The maximum Gasteiger partial charge on any atom is 0.215 e. The van der Waals surface area contributed by atoms with Gasteiger partial charge in [-0.05, 0) is 52.2 Å². The average Bonchev–Trinajstić information content (AvgIpc) is 2.91. The highest BCUT2D eigenvalue weighted by Gasteiger charge is 2.28. The summed E-state index contributed by atoms with van der Waals surface area (Å²) in [5.41, 5.74) is 0. The van der Waals surface area contributed by atoms with Crippen molar-refractivity contribution in [2.45, 2.75) is 43.9 Å². The van der Waals surface area contributed by atoms with Gasteiger partial charge in [0, 0.05) is 19.1 Å². The SMILES string of the molecule is CC(CNS(=O)(=O)C1CCCNC1)N1CCCC1. The van der Waals surface area contributed by atoms with Gasteiger partial charge in [0.2, 0.25) is 10.0 Å². The fourth-order valence-electron chi connectivity index (χ4n) is 2.75. The second-order valence-electron chi connectivity index (χ2n) is 5.45. The fraction of sp³-hybridized carbons (Fsp3) is 1.00. The van der Waals surface area contributed by atoms with Crippen LogP contribution in [0.15, 0.2) is 0 Å². The summed E-state index contributed by atoms with van der Waals surface area (Å²) in [6, 6.07) is 0.304. The molecular weight excluding hydrogens is 250 g/mol. The zero-order valence-electron chi connectivity index (χ0n) is 11.2. The van der Waals surface area contributed by atoms with E-state index in [1.807, 2.05) is 0 Å². The Bertz CT molecular complexity index is 346. The largest absolute Gasteiger partial charge is 0.315 e. The predicted molar refractivity (Wildman–Crippen MR) is 73.1 cm³/mol. The molecule has 2 aliphatic rings. The average molecular weight is 275 g/mol. The van der Waals surface area contributed by atoms with Gasteiger partial charge in [0.15, 0.2) is 0 Å². The van der Waals surface area contributed by atoms with Crippen LogP contribution in [0.1, 0.15) is 32.6 Å². The quantitative estimate of drug-likeness (QED) is 0.749. The molecule has 0 aromatic carbocycles. The summed E-state index contributed by atoms with van der Waals surface area (Å²) in [5, 5.41) is 2.90. The molecule has 2 saturated heterocycles. The van der Waals surface area contributed by atoms with E-state index < -0.39 is 10.0 Å². The minimum atomic E-state index is -3.15. The van der Waals surface area contributed by atoms with E-state index in [0.29, 0.717) is 19.1 Å². The molecule has 2 aliphatic heterocycles. The Morgan fingerprint density at radius 1 is 1.33 bits per heavy atom. The van der Waals surface area contributed by atoms with Gasteiger partial charge >= 0.3 is 0 Å². The van der Waals surface area contributed by atoms with Crippen molar-refractivity contribution in [3.63, 3.8) is 0 Å². The Labute approximate surface area is 110 Å². The van der Waals surface area contributed by atoms with Gasteiger partial charge in [0.05, 0.1) is 5.25 Å². The Hall–Kier alpha value is -0.170. The molecule has 6 heteroatoms. The highest BCUT2D eigenvalue weighted by Crippen LogP contribution is 2.13. The fourth-order valence-corrected chi connectivity index (χ4v) is 4.27. The molecule has 0 aromatic heterocycles. The molecular formula is C12H25N3O2S. The van der Waals surface area contributed by atoms with Crippen LogP contribution in [0.25, 0.3) is 0 Å². The lowest BCUT2D eigenvalue weighted by Gasteiger charge is -2.27. The van der Waals surface area contributed by atoms with Gasteiger partial charge in [-0.1, -0.05) is 0 Å². The monoisotopic (exact) mass is 275 g/mol. The lowest BCUT2D eigenvalue weighted by Crippen LogP contribution is -2.47. The molecule has 2 fully saturated rings. The van der Waals surface area contributed by atoms with Gasteiger partial charge < -0.3 is 5.32 Å². The zero-order chi connectivity index (χ0) is 13.0. The Kier molecular flexibility index (Phi) is 5.00. The number of likely N-dealkylation sites (tertiary alicyclic amines) is 1. The number of hydrogen-bond donors (Lipinski definition) is 2. The van der Waals surface area contributed by atoms with Crippen molar-refractivity contribution in [2.24, 2.45) is 0 Å². The molecule has 18 heavy (non-hydrogen) atoms. The highest BCUT2D eigenvalue weighted by molar-refractivity contribution is 7.90. The molecule has 0 radical (unpaired) electrons. The zero-order valence-corrected chi connectivity index (χ0v) is 12.0. The van der Waals surface area contributed by atoms with E-state index in [1.165, 1.54) is 12.8 Å². The normalized spacial score (nSPS) is 28.4. The summed E-state index contributed by atoms with van der Waals surface area (Å²) in [5.74, 6) is 0. The van der Waals surface area contributed by atoms with Crippen molar-refractivity contribution < 1.29 is 8.42 Å². The molecule has 2 unspecified atom stereocenters. The van der Waals surface area contributed by atoms with E-state index in [9.17, 15) is 8.42 Å². The number of piperidine rings is 1. The molecule has 106 valence electrons. The van der Waals surface area contributed by atoms with Gasteiger partial charge in [0.25, 0.3) is 0 Å². The van der Waals surface area contributed by atoms with Crippen molar-refractivity contribution in [1.82, 2.24) is 14.9 Å². The van der Waals surface area contributed by atoms with Crippen LogP contribution in [-0.4, -0.2) is 57.3 Å². The van der Waals surface area contributed by atoms with Gasteiger partial charge in [-0.15, -0.1) is 0 Å². The Morgan fingerprint density at radius 3 is 2.67 bits per heavy atom. The van der Waals surface area contributed by atoms with E-state index in [2.05, 4.69) is 21.9 Å². The van der Waals surface area contributed by atoms with Crippen LogP contribution in [0.3, 0.4) is 0 Å². The molecule has 0 aliphatic carbocycles. The topological polar surface area (TPSA) is 61.4 Å². The lowest BCUT2D eigenvalue weighted by atomic mass is 10.2. The Morgan fingerprint density at radius 2 is 2.06 bits per heavy atom. The van der Waals surface area contributed by atoms with Gasteiger partial charge in [-0.2, -0.15) is 0 Å². The van der Waals surface area contributed by atoms with Gasteiger partial charge in [-0.25, -0.2) is 13.1 Å². The second-order valence-corrected chi connectivity index (χ2v) is 7.50. The van der Waals surface area contributed by atoms with E-state index in [1.54, 1.807) is 0 Å². The van der Waals surface area contributed by atoms with E-state index >= 15 is 0 Å². The molecule has 0 saturated carbocycles. The molecule has 0 spiro atoms. The van der Waals surface area contributed by atoms with Crippen LogP contribution < -0.4 is 10.0 Å². The minimum absolute atomic E-state index is 0.253. The summed E-state index contributed by atoms with van der Waals surface area (Å²) in [7, 11) is -3.15. The third-order valence-electron chi connectivity index (χ3n) is 4.03. The first-order valence-corrected chi connectivity index (χ1v) is 8.57. The van der Waals surface area contributed by atoms with E-state index in [-0.39, 0.29) is 5.25 Å². The van der Waals surface area contributed by atoms with Crippen LogP contribution in [-0.2, 0) is 10.0 Å². The molecule has 0 amide bonds. The van der Waals surface area contributed by atoms with Crippen molar-refractivity contribution >= 4 is 10.0 Å². The van der Waals surface area contributed by atoms with E-state index in [0.717, 1.165) is 32.5 Å². The maximum absolute atomic E-state index is 12.1. The van der Waals surface area contributed by atoms with Crippen molar-refractivity contribution in [1.29, 1.82) is 0 Å². The van der Waals surface area contributed by atoms with Crippen LogP contribution in [0.4, 0.5) is 0 Å².